The van der Waals surface area contributed by atoms with Crippen molar-refractivity contribution in [3.05, 3.63) is 52.1 Å². The predicted octanol–water partition coefficient (Wildman–Crippen LogP) is 1.85. The summed E-state index contributed by atoms with van der Waals surface area (Å²) >= 11 is 0. The van der Waals surface area contributed by atoms with Crippen LogP contribution >= 0.6 is 0 Å². The first-order valence-corrected chi connectivity index (χ1v) is 9.09. The van der Waals surface area contributed by atoms with Gasteiger partial charge < -0.3 is 14.2 Å². The molecule has 0 bridgehead atoms. The van der Waals surface area contributed by atoms with Crippen LogP contribution < -0.4 is 18.9 Å². The van der Waals surface area contributed by atoms with Crippen LogP contribution in [0.15, 0.2) is 41.3 Å². The van der Waals surface area contributed by atoms with Gasteiger partial charge in [-0.2, -0.15) is 0 Å². The lowest BCUT2D eigenvalue weighted by Crippen LogP contribution is -2.26. The summed E-state index contributed by atoms with van der Waals surface area (Å²) in [5.74, 6) is 1.61. The number of methoxy groups -OCH3 is 1. The number of nitro benzene ring substituents is 1. The molecule has 2 aromatic carbocycles. The van der Waals surface area contributed by atoms with Crippen LogP contribution in [-0.4, -0.2) is 33.8 Å². The summed E-state index contributed by atoms with van der Waals surface area (Å²) in [7, 11) is -2.25. The van der Waals surface area contributed by atoms with Gasteiger partial charge >= 0.3 is 0 Å². The molecule has 0 spiro atoms. The zero-order valence-corrected chi connectivity index (χ0v) is 14.6. The minimum absolute atomic E-state index is 0.0358. The van der Waals surface area contributed by atoms with E-state index in [1.54, 1.807) is 12.1 Å². The summed E-state index contributed by atoms with van der Waals surface area (Å²) < 4.78 is 42.9. The molecule has 1 aliphatic heterocycles. The number of fused-ring (bicyclic) bond motifs is 1. The molecular weight excluding hydrogens is 364 g/mol. The first-order chi connectivity index (χ1) is 12.4. The number of sulfonamides is 1. The summed E-state index contributed by atoms with van der Waals surface area (Å²) in [5, 5.41) is 10.6. The Balaban J connectivity index is 1.66. The summed E-state index contributed by atoms with van der Waals surface area (Å²) in [6, 6.07) is 8.22. The summed E-state index contributed by atoms with van der Waals surface area (Å²) in [5.41, 5.74) is 0.647. The Morgan fingerprint density at radius 2 is 1.96 bits per heavy atom. The lowest BCUT2D eigenvalue weighted by molar-refractivity contribution is -0.384. The van der Waals surface area contributed by atoms with E-state index < -0.39 is 14.9 Å². The van der Waals surface area contributed by atoms with Crippen LogP contribution in [0, 0.1) is 10.1 Å². The Labute approximate surface area is 149 Å². The van der Waals surface area contributed by atoms with Gasteiger partial charge in [-0.1, -0.05) is 0 Å². The van der Waals surface area contributed by atoms with E-state index in [4.69, 9.17) is 14.2 Å². The number of benzene rings is 2. The molecule has 0 saturated heterocycles. The predicted molar refractivity (Wildman–Crippen MR) is 91.1 cm³/mol. The van der Waals surface area contributed by atoms with Crippen LogP contribution in [0.1, 0.15) is 5.56 Å². The topological polar surface area (TPSA) is 117 Å². The highest BCUT2D eigenvalue weighted by molar-refractivity contribution is 7.89. The number of ether oxygens (including phenoxy) is 3. The Bertz CT molecular complexity index is 926. The van der Waals surface area contributed by atoms with E-state index in [-0.39, 0.29) is 23.9 Å². The molecule has 1 heterocycles. The van der Waals surface area contributed by atoms with Crippen molar-refractivity contribution in [2.75, 3.05) is 20.4 Å². The lowest BCUT2D eigenvalue weighted by atomic mass is 10.1. The average Bonchev–Trinajstić information content (AvgIpc) is 3.09. The molecule has 3 rings (SSSR count). The van der Waals surface area contributed by atoms with Crippen molar-refractivity contribution in [2.45, 2.75) is 11.3 Å². The molecule has 0 aromatic heterocycles. The molecule has 10 heteroatoms. The van der Waals surface area contributed by atoms with Gasteiger partial charge in [0.25, 0.3) is 5.69 Å². The van der Waals surface area contributed by atoms with E-state index in [9.17, 15) is 18.5 Å². The Kier molecular flexibility index (Phi) is 4.96. The minimum atomic E-state index is -3.76. The van der Waals surface area contributed by atoms with Crippen molar-refractivity contribution in [2.24, 2.45) is 0 Å². The van der Waals surface area contributed by atoms with Gasteiger partial charge in [0.2, 0.25) is 22.6 Å². The molecule has 9 nitrogen and oxygen atoms in total. The van der Waals surface area contributed by atoms with E-state index >= 15 is 0 Å². The maximum Gasteiger partial charge on any atom is 0.269 e. The highest BCUT2D eigenvalue weighted by atomic mass is 32.2. The van der Waals surface area contributed by atoms with Crippen LogP contribution in [0.25, 0.3) is 0 Å². The molecule has 1 N–H and O–H groups in total. The van der Waals surface area contributed by atoms with Gasteiger partial charge in [-0.15, -0.1) is 0 Å². The van der Waals surface area contributed by atoms with Crippen LogP contribution in [0.3, 0.4) is 0 Å². The summed E-state index contributed by atoms with van der Waals surface area (Å²) in [6.07, 6.45) is 0.402. The maximum atomic E-state index is 12.3. The molecule has 0 radical (unpaired) electrons. The van der Waals surface area contributed by atoms with Crippen LogP contribution in [0.4, 0.5) is 5.69 Å². The van der Waals surface area contributed by atoms with Crippen molar-refractivity contribution in [3.8, 4) is 17.2 Å². The first-order valence-electron chi connectivity index (χ1n) is 7.61. The molecule has 0 atom stereocenters. The fourth-order valence-electron chi connectivity index (χ4n) is 2.49. The number of nitrogens with zero attached hydrogens (tertiary/aromatic N) is 1. The zero-order valence-electron chi connectivity index (χ0n) is 13.8. The summed E-state index contributed by atoms with van der Waals surface area (Å²) in [4.78, 5) is 10.0. The van der Waals surface area contributed by atoms with E-state index in [0.717, 1.165) is 17.7 Å². The molecule has 0 amide bonds. The highest BCUT2D eigenvalue weighted by Crippen LogP contribution is 2.41. The molecule has 0 fully saturated rings. The third-order valence-electron chi connectivity index (χ3n) is 3.78. The number of non-ortho nitro benzene ring substituents is 1. The van der Waals surface area contributed by atoms with Crippen molar-refractivity contribution in [3.63, 3.8) is 0 Å². The fraction of sp³-hybridized carbons (Fsp3) is 0.250. The molecule has 26 heavy (non-hydrogen) atoms. The van der Waals surface area contributed by atoms with Crippen molar-refractivity contribution in [1.82, 2.24) is 4.72 Å². The Morgan fingerprint density at radius 3 is 2.62 bits per heavy atom. The standard InChI is InChI=1S/C16H16N2O7S/c1-23-14-8-11(9-15-16(14)25-10-24-15)6-7-17-26(21,22)13-4-2-12(3-5-13)18(19)20/h2-5,8-9,17H,6-7,10H2,1H3. The number of nitrogens with one attached hydrogen (secondary N) is 1. The molecular formula is C16H16N2O7S. The third-order valence-corrected chi connectivity index (χ3v) is 5.26. The Hall–Kier alpha value is -2.85. The van der Waals surface area contributed by atoms with Crippen molar-refractivity contribution < 1.29 is 27.6 Å². The van der Waals surface area contributed by atoms with Crippen LogP contribution in [0.5, 0.6) is 17.2 Å². The smallest absolute Gasteiger partial charge is 0.269 e. The van der Waals surface area contributed by atoms with E-state index in [2.05, 4.69) is 4.72 Å². The largest absolute Gasteiger partial charge is 0.493 e. The molecule has 1 aliphatic rings. The summed E-state index contributed by atoms with van der Waals surface area (Å²) in [6.45, 7) is 0.254. The van der Waals surface area contributed by atoms with Crippen molar-refractivity contribution in [1.29, 1.82) is 0 Å². The molecule has 0 unspecified atom stereocenters. The van der Waals surface area contributed by atoms with Crippen LogP contribution in [-0.2, 0) is 16.4 Å². The quantitative estimate of drug-likeness (QED) is 0.575. The van der Waals surface area contributed by atoms with E-state index in [1.807, 2.05) is 0 Å². The second-order valence-electron chi connectivity index (χ2n) is 5.43. The SMILES string of the molecule is COc1cc(CCNS(=O)(=O)c2ccc([N+](=O)[O-])cc2)cc2c1OCO2. The molecule has 2 aromatic rings. The first kappa shape index (κ1) is 18.0. The molecule has 0 aliphatic carbocycles. The van der Waals surface area contributed by atoms with E-state index in [1.165, 1.54) is 19.2 Å². The number of hydrogen-bond donors (Lipinski definition) is 1. The molecule has 138 valence electrons. The van der Waals surface area contributed by atoms with E-state index in [0.29, 0.717) is 23.7 Å². The lowest BCUT2D eigenvalue weighted by Gasteiger charge is -2.09. The van der Waals surface area contributed by atoms with Crippen molar-refractivity contribution >= 4 is 15.7 Å². The monoisotopic (exact) mass is 380 g/mol. The van der Waals surface area contributed by atoms with Gasteiger partial charge in [-0.3, -0.25) is 10.1 Å². The van der Waals surface area contributed by atoms with Gasteiger partial charge in [0, 0.05) is 18.7 Å². The average molecular weight is 380 g/mol. The zero-order chi connectivity index (χ0) is 18.7. The minimum Gasteiger partial charge on any atom is -0.493 e. The molecule has 0 saturated carbocycles. The van der Waals surface area contributed by atoms with Crippen LogP contribution in [0.2, 0.25) is 0 Å². The van der Waals surface area contributed by atoms with Gasteiger partial charge in [0.05, 0.1) is 16.9 Å². The third kappa shape index (κ3) is 3.70. The second-order valence-corrected chi connectivity index (χ2v) is 7.20. The number of rotatable bonds is 7. The number of nitro groups is 1. The normalized spacial score (nSPS) is 12.8. The highest BCUT2D eigenvalue weighted by Gasteiger charge is 2.20. The van der Waals surface area contributed by atoms with Gasteiger partial charge in [-0.25, -0.2) is 13.1 Å². The Morgan fingerprint density at radius 1 is 1.23 bits per heavy atom. The second kappa shape index (κ2) is 7.18. The van der Waals surface area contributed by atoms with Gasteiger partial charge in [-0.05, 0) is 36.2 Å². The maximum absolute atomic E-state index is 12.3. The van der Waals surface area contributed by atoms with Gasteiger partial charge in [0.15, 0.2) is 11.5 Å². The van der Waals surface area contributed by atoms with Gasteiger partial charge in [0.1, 0.15) is 0 Å². The number of hydrogen-bond acceptors (Lipinski definition) is 7. The fourth-order valence-corrected chi connectivity index (χ4v) is 3.52.